The Bertz CT molecular complexity index is 634. The van der Waals surface area contributed by atoms with Crippen LogP contribution in [0.4, 0.5) is 5.69 Å². The zero-order valence-corrected chi connectivity index (χ0v) is 11.2. The van der Waals surface area contributed by atoms with Crippen molar-refractivity contribution in [1.29, 1.82) is 0 Å². The van der Waals surface area contributed by atoms with Crippen molar-refractivity contribution in [3.8, 4) is 0 Å². The molecule has 3 nitrogen and oxygen atoms in total. The first-order chi connectivity index (χ1) is 9.83. The molecule has 0 unspecified atom stereocenters. The van der Waals surface area contributed by atoms with Crippen LogP contribution in [0, 0.1) is 0 Å². The van der Waals surface area contributed by atoms with E-state index in [1.165, 1.54) is 5.56 Å². The second-order valence-electron chi connectivity index (χ2n) is 4.87. The second-order valence-corrected chi connectivity index (χ2v) is 4.87. The summed E-state index contributed by atoms with van der Waals surface area (Å²) in [6.07, 6.45) is 2.59. The molecule has 1 heterocycles. The molecule has 3 rings (SSSR count). The Balaban J connectivity index is 1.80. The first-order valence-corrected chi connectivity index (χ1v) is 6.78. The van der Waals surface area contributed by atoms with Crippen molar-refractivity contribution in [1.82, 2.24) is 0 Å². The van der Waals surface area contributed by atoms with E-state index in [1.807, 2.05) is 42.5 Å². The van der Waals surface area contributed by atoms with Crippen molar-refractivity contribution in [2.24, 2.45) is 4.99 Å². The molecular weight excluding hydrogens is 248 g/mol. The van der Waals surface area contributed by atoms with E-state index >= 15 is 0 Å². The maximum Gasteiger partial charge on any atom is 0.265 e. The summed E-state index contributed by atoms with van der Waals surface area (Å²) in [5.41, 5.74) is 3.37. The van der Waals surface area contributed by atoms with Crippen LogP contribution in [0.25, 0.3) is 0 Å². The Morgan fingerprint density at radius 2 is 1.75 bits per heavy atom. The number of para-hydroxylation sites is 1. The largest absolute Gasteiger partial charge is 0.361 e. The van der Waals surface area contributed by atoms with E-state index in [0.717, 1.165) is 24.2 Å². The molecular formula is C17H16N2O. The van der Waals surface area contributed by atoms with Gasteiger partial charge in [0.05, 0.1) is 6.54 Å². The fourth-order valence-corrected chi connectivity index (χ4v) is 2.42. The predicted molar refractivity (Wildman–Crippen MR) is 81.4 cm³/mol. The van der Waals surface area contributed by atoms with Crippen molar-refractivity contribution in [3.63, 3.8) is 0 Å². The molecule has 0 aliphatic carbocycles. The normalized spacial score (nSPS) is 14.0. The van der Waals surface area contributed by atoms with Gasteiger partial charge in [0.15, 0.2) is 0 Å². The Labute approximate surface area is 118 Å². The van der Waals surface area contributed by atoms with Crippen LogP contribution in [0.1, 0.15) is 11.1 Å². The third-order valence-corrected chi connectivity index (χ3v) is 3.46. The monoisotopic (exact) mass is 264 g/mol. The van der Waals surface area contributed by atoms with E-state index in [2.05, 4.69) is 22.0 Å². The van der Waals surface area contributed by atoms with Gasteiger partial charge in [-0.2, -0.15) is 0 Å². The minimum absolute atomic E-state index is 0.0886. The predicted octanol–water partition coefficient (Wildman–Crippen LogP) is 2.69. The number of hydrogen-bond acceptors (Lipinski definition) is 2. The molecule has 0 spiro atoms. The summed E-state index contributed by atoms with van der Waals surface area (Å²) in [6.45, 7) is 1.16. The topological polar surface area (TPSA) is 32.7 Å². The molecule has 0 aromatic heterocycles. The molecule has 0 atom stereocenters. The van der Waals surface area contributed by atoms with E-state index in [0.29, 0.717) is 6.54 Å². The summed E-state index contributed by atoms with van der Waals surface area (Å²) in [5.74, 6) is -0.0886. The molecule has 2 aromatic carbocycles. The molecule has 2 aromatic rings. The Morgan fingerprint density at radius 1 is 1.00 bits per heavy atom. The van der Waals surface area contributed by atoms with Gasteiger partial charge in [-0.3, -0.25) is 4.79 Å². The molecule has 0 N–H and O–H groups in total. The quantitative estimate of drug-likeness (QED) is 0.854. The minimum Gasteiger partial charge on any atom is -0.361 e. The fraction of sp³-hybridized carbons (Fsp3) is 0.176. The maximum absolute atomic E-state index is 11.7. The van der Waals surface area contributed by atoms with E-state index in [1.54, 1.807) is 6.21 Å². The molecule has 0 bridgehead atoms. The third kappa shape index (κ3) is 2.77. The van der Waals surface area contributed by atoms with Crippen molar-refractivity contribution in [2.75, 3.05) is 18.0 Å². The summed E-state index contributed by atoms with van der Waals surface area (Å²) in [7, 11) is 0. The number of benzodiazepines with no additional fused rings is 1. The molecule has 20 heavy (non-hydrogen) atoms. The van der Waals surface area contributed by atoms with Crippen molar-refractivity contribution in [3.05, 3.63) is 65.7 Å². The van der Waals surface area contributed by atoms with Gasteiger partial charge in [-0.05, 0) is 18.1 Å². The number of carbonyl (C=O) groups excluding carboxylic acids is 1. The molecule has 0 saturated heterocycles. The number of rotatable bonds is 3. The highest BCUT2D eigenvalue weighted by molar-refractivity contribution is 6.00. The van der Waals surface area contributed by atoms with Crippen LogP contribution in [0.3, 0.4) is 0 Å². The van der Waals surface area contributed by atoms with Gasteiger partial charge in [-0.1, -0.05) is 48.5 Å². The number of benzene rings is 2. The van der Waals surface area contributed by atoms with Gasteiger partial charge < -0.3 is 4.90 Å². The number of hydrogen-bond donors (Lipinski definition) is 0. The van der Waals surface area contributed by atoms with E-state index in [4.69, 9.17) is 0 Å². The van der Waals surface area contributed by atoms with Crippen LogP contribution in [-0.2, 0) is 11.2 Å². The average molecular weight is 264 g/mol. The Hall–Kier alpha value is -2.42. The summed E-state index contributed by atoms with van der Waals surface area (Å²) in [4.78, 5) is 17.8. The van der Waals surface area contributed by atoms with Crippen LogP contribution in [0.5, 0.6) is 0 Å². The van der Waals surface area contributed by atoms with E-state index in [-0.39, 0.29) is 5.91 Å². The Kier molecular flexibility index (Phi) is 3.59. The Morgan fingerprint density at radius 3 is 2.60 bits per heavy atom. The summed E-state index contributed by atoms with van der Waals surface area (Å²) in [5, 5.41) is 0. The number of aliphatic imine (C=N–C) groups is 1. The fourth-order valence-electron chi connectivity index (χ4n) is 2.42. The van der Waals surface area contributed by atoms with Crippen molar-refractivity contribution in [2.45, 2.75) is 6.42 Å². The van der Waals surface area contributed by atoms with Gasteiger partial charge >= 0.3 is 0 Å². The van der Waals surface area contributed by atoms with Gasteiger partial charge in [0.2, 0.25) is 0 Å². The van der Waals surface area contributed by atoms with E-state index < -0.39 is 0 Å². The third-order valence-electron chi connectivity index (χ3n) is 3.46. The maximum atomic E-state index is 11.7. The summed E-state index contributed by atoms with van der Waals surface area (Å²) >= 11 is 0. The lowest BCUT2D eigenvalue weighted by Gasteiger charge is -2.23. The molecule has 1 aliphatic heterocycles. The molecule has 0 fully saturated rings. The minimum atomic E-state index is -0.0886. The average Bonchev–Trinajstić information content (AvgIpc) is 2.66. The number of anilines is 1. The lowest BCUT2D eigenvalue weighted by molar-refractivity contribution is -0.116. The number of nitrogens with zero attached hydrogens (tertiary/aromatic N) is 2. The smallest absolute Gasteiger partial charge is 0.265 e. The van der Waals surface area contributed by atoms with Crippen molar-refractivity contribution >= 4 is 17.8 Å². The van der Waals surface area contributed by atoms with Gasteiger partial charge in [0.1, 0.15) is 0 Å². The number of fused-ring (bicyclic) bond motifs is 1. The summed E-state index contributed by atoms with van der Waals surface area (Å²) < 4.78 is 0. The number of amides is 1. The van der Waals surface area contributed by atoms with Crippen molar-refractivity contribution < 1.29 is 4.79 Å². The van der Waals surface area contributed by atoms with Gasteiger partial charge in [0, 0.05) is 24.0 Å². The molecule has 100 valence electrons. The molecule has 0 radical (unpaired) electrons. The van der Waals surface area contributed by atoms with Crippen LogP contribution in [0.2, 0.25) is 0 Å². The van der Waals surface area contributed by atoms with Gasteiger partial charge in [-0.25, -0.2) is 4.99 Å². The zero-order chi connectivity index (χ0) is 13.8. The highest BCUT2D eigenvalue weighted by Gasteiger charge is 2.16. The molecule has 3 heteroatoms. The first-order valence-electron chi connectivity index (χ1n) is 6.78. The highest BCUT2D eigenvalue weighted by Crippen LogP contribution is 2.21. The highest BCUT2D eigenvalue weighted by atomic mass is 16.1. The van der Waals surface area contributed by atoms with Crippen LogP contribution in [-0.4, -0.2) is 25.2 Å². The van der Waals surface area contributed by atoms with E-state index in [9.17, 15) is 4.79 Å². The lowest BCUT2D eigenvalue weighted by atomic mass is 10.1. The van der Waals surface area contributed by atoms with Gasteiger partial charge in [0.25, 0.3) is 5.91 Å². The zero-order valence-electron chi connectivity index (χ0n) is 11.2. The first kappa shape index (κ1) is 12.6. The molecule has 1 amide bonds. The summed E-state index contributed by atoms with van der Waals surface area (Å²) in [6, 6.07) is 18.3. The lowest BCUT2D eigenvalue weighted by Crippen LogP contribution is -2.30. The standard InChI is InChI=1S/C17H16N2O/c20-17-13-19(11-10-14-6-2-1-3-7-14)16-9-5-4-8-15(16)12-18-17/h1-9,12H,10-11,13H2. The number of carbonyl (C=O) groups is 1. The van der Waals surface area contributed by atoms with Crippen LogP contribution >= 0.6 is 0 Å². The molecule has 0 saturated carbocycles. The van der Waals surface area contributed by atoms with Gasteiger partial charge in [-0.15, -0.1) is 0 Å². The second kappa shape index (κ2) is 5.70. The van der Waals surface area contributed by atoms with Crippen LogP contribution < -0.4 is 4.90 Å². The molecule has 1 aliphatic rings. The van der Waals surface area contributed by atoms with Crippen LogP contribution in [0.15, 0.2) is 59.6 Å². The SMILES string of the molecule is O=C1CN(CCc2ccccc2)c2ccccc2C=N1.